The second-order valence-corrected chi connectivity index (χ2v) is 15.0. The molecular weight excluding hydrogens is 636 g/mol. The van der Waals surface area contributed by atoms with Gasteiger partial charge in [-0.1, -0.05) is 17.2 Å². The number of pyridine rings is 1. The highest BCUT2D eigenvalue weighted by atomic mass is 32.7. The van der Waals surface area contributed by atoms with E-state index in [1.54, 1.807) is 4.57 Å². The summed E-state index contributed by atoms with van der Waals surface area (Å²) in [6.07, 6.45) is 0.177. The molecule has 0 saturated carbocycles. The Hall–Kier alpha value is -2.77. The van der Waals surface area contributed by atoms with Gasteiger partial charge in [0.15, 0.2) is 12.0 Å². The summed E-state index contributed by atoms with van der Waals surface area (Å²) >= 11 is 9.40. The third-order valence-electron chi connectivity index (χ3n) is 6.50. The molecule has 0 radical (unpaired) electrons. The number of aromatic nitrogens is 7. The minimum atomic E-state index is -3.96. The topological polar surface area (TPSA) is 249 Å². The quantitative estimate of drug-likeness (QED) is 0.0952. The molecule has 18 nitrogen and oxygen atoms in total. The summed E-state index contributed by atoms with van der Waals surface area (Å²) < 4.78 is 44.6. The SMILES string of the molecule is NC(=O)c1cnc2c(c1)nc1n2CCOP(=O)(S)OCC2CC(OP(O)(=S)OC1)C([n+]1c[nH]c3c(=O)[nH]c(N)nc31)O2. The van der Waals surface area contributed by atoms with Crippen molar-refractivity contribution in [3.63, 3.8) is 0 Å². The maximum atomic E-state index is 13.0. The Kier molecular flexibility index (Phi) is 7.72. The minimum absolute atomic E-state index is 0.0816. The van der Waals surface area contributed by atoms with Crippen LogP contribution in [0.5, 0.6) is 0 Å². The number of nitrogen functional groups attached to an aromatic ring is 1. The number of hydrogen-bond donors (Lipinski definition) is 6. The number of thiol groups is 1. The number of hydrogen-bond acceptors (Lipinski definition) is 13. The monoisotopic (exact) mass is 660 g/mol. The number of nitrogens with one attached hydrogen (secondary N) is 2. The van der Waals surface area contributed by atoms with Crippen LogP contribution < -0.4 is 21.6 Å². The number of aromatic amines is 2. The second-order valence-electron chi connectivity index (χ2n) is 9.31. The molecule has 2 bridgehead atoms. The lowest BCUT2D eigenvalue weighted by Crippen LogP contribution is -2.45. The molecule has 1 saturated heterocycles. The summed E-state index contributed by atoms with van der Waals surface area (Å²) in [5, 5.41) is 0. The van der Waals surface area contributed by atoms with Crippen LogP contribution in [0.3, 0.4) is 0 Å². The number of fused-ring (bicyclic) bond motifs is 6. The first-order valence-electron chi connectivity index (χ1n) is 12.3. The number of amides is 1. The van der Waals surface area contributed by atoms with Crippen LogP contribution in [0, 0.1) is 0 Å². The summed E-state index contributed by atoms with van der Waals surface area (Å²) in [7, 11) is 0. The van der Waals surface area contributed by atoms with Crippen LogP contribution in [0.25, 0.3) is 22.3 Å². The highest BCUT2D eigenvalue weighted by Gasteiger charge is 2.45. The molecule has 5 atom stereocenters. The molecule has 0 aliphatic carbocycles. The maximum Gasteiger partial charge on any atom is 0.386 e. The Morgan fingerprint density at radius 2 is 2.12 bits per heavy atom. The number of H-pyrrole nitrogens is 2. The van der Waals surface area contributed by atoms with Gasteiger partial charge in [-0.25, -0.2) is 19.1 Å². The van der Waals surface area contributed by atoms with E-state index in [2.05, 4.69) is 37.2 Å². The van der Waals surface area contributed by atoms with Gasteiger partial charge in [0.05, 0.1) is 24.9 Å². The molecular formula is C20H24N9O9P2S2+. The lowest BCUT2D eigenvalue weighted by molar-refractivity contribution is -0.744. The molecule has 2 aliphatic heterocycles. The van der Waals surface area contributed by atoms with Crippen molar-refractivity contribution in [2.75, 3.05) is 18.9 Å². The number of imidazole rings is 2. The molecule has 2 aliphatic rings. The first-order chi connectivity index (χ1) is 19.9. The highest BCUT2D eigenvalue weighted by molar-refractivity contribution is 8.44. The van der Waals surface area contributed by atoms with E-state index >= 15 is 0 Å². The summed E-state index contributed by atoms with van der Waals surface area (Å²) in [5.74, 6) is -0.569. The van der Waals surface area contributed by atoms with E-state index in [0.29, 0.717) is 11.2 Å². The van der Waals surface area contributed by atoms with Crippen molar-refractivity contribution in [1.29, 1.82) is 0 Å². The summed E-state index contributed by atoms with van der Waals surface area (Å²) in [5.41, 5.74) is 11.7. The van der Waals surface area contributed by atoms with Crippen molar-refractivity contribution < 1.29 is 41.7 Å². The Labute approximate surface area is 245 Å². The summed E-state index contributed by atoms with van der Waals surface area (Å²) in [4.78, 5) is 53.2. The van der Waals surface area contributed by atoms with Gasteiger partial charge in [-0.2, -0.15) is 0 Å². The molecule has 6 heterocycles. The second kappa shape index (κ2) is 11.1. The van der Waals surface area contributed by atoms with Crippen LogP contribution in [0.1, 0.15) is 28.8 Å². The predicted octanol–water partition coefficient (Wildman–Crippen LogP) is 0.155. The van der Waals surface area contributed by atoms with Crippen molar-refractivity contribution in [3.8, 4) is 0 Å². The van der Waals surface area contributed by atoms with Crippen molar-refractivity contribution in [2.45, 2.75) is 38.0 Å². The lowest BCUT2D eigenvalue weighted by atomic mass is 10.2. The highest BCUT2D eigenvalue weighted by Crippen LogP contribution is 2.54. The summed E-state index contributed by atoms with van der Waals surface area (Å²) in [6.45, 7) is -8.41. The molecule has 4 aromatic heterocycles. The van der Waals surface area contributed by atoms with E-state index in [1.165, 1.54) is 23.2 Å². The van der Waals surface area contributed by atoms with E-state index < -0.39 is 43.4 Å². The number of carbonyl (C=O) groups is 1. The van der Waals surface area contributed by atoms with Gasteiger partial charge in [-0.05, 0) is 17.9 Å². The van der Waals surface area contributed by atoms with Crippen molar-refractivity contribution >= 4 is 71.8 Å². The third-order valence-corrected chi connectivity index (χ3v) is 9.74. The number of primary amides is 1. The molecule has 4 aromatic rings. The molecule has 0 aromatic carbocycles. The van der Waals surface area contributed by atoms with Gasteiger partial charge < -0.3 is 30.2 Å². The van der Waals surface area contributed by atoms with Gasteiger partial charge in [0.25, 0.3) is 11.5 Å². The van der Waals surface area contributed by atoms with Crippen LogP contribution in [-0.4, -0.2) is 65.7 Å². The van der Waals surface area contributed by atoms with Crippen molar-refractivity contribution in [1.82, 2.24) is 29.5 Å². The van der Waals surface area contributed by atoms with Gasteiger partial charge >= 0.3 is 19.2 Å². The van der Waals surface area contributed by atoms with Crippen LogP contribution >= 0.6 is 25.8 Å². The van der Waals surface area contributed by atoms with Crippen molar-refractivity contribution in [3.05, 3.63) is 40.3 Å². The third kappa shape index (κ3) is 5.87. The van der Waals surface area contributed by atoms with E-state index in [1.807, 2.05) is 0 Å². The minimum Gasteiger partial charge on any atom is -0.366 e. The molecule has 5 unspecified atom stereocenters. The number of anilines is 1. The Morgan fingerprint density at radius 1 is 1.31 bits per heavy atom. The van der Waals surface area contributed by atoms with E-state index in [4.69, 9.17) is 46.1 Å². The molecule has 7 N–H and O–H groups in total. The molecule has 6 rings (SSSR count). The Balaban J connectivity index is 1.35. The van der Waals surface area contributed by atoms with E-state index in [9.17, 15) is 19.0 Å². The van der Waals surface area contributed by atoms with Gasteiger partial charge in [0, 0.05) is 19.2 Å². The number of carbonyl (C=O) groups excluding carboxylic acids is 1. The standard InChI is InChI=1S/C20H23N9O9P2S2/c21-15(30)9-3-11-16(23-5-9)28-1-2-34-39(32,41)35-6-10-4-12(38-40(33,42)36-7-13(28)25-11)19(37-10)29-8-24-14-17(29)26-20(22)27-18(14)31/h3,5,8,10,12,19H,1-2,4,6-7H2,(H7,21,22,26,27,30,31,32,33,41,42)/p+1. The van der Waals surface area contributed by atoms with Gasteiger partial charge in [0.1, 0.15) is 24.1 Å². The fourth-order valence-corrected chi connectivity index (χ4v) is 7.24. The molecule has 1 amide bonds. The molecule has 224 valence electrons. The van der Waals surface area contributed by atoms with E-state index in [-0.39, 0.29) is 61.3 Å². The predicted molar refractivity (Wildman–Crippen MR) is 151 cm³/mol. The molecule has 42 heavy (non-hydrogen) atoms. The molecule has 1 fully saturated rings. The zero-order valence-electron chi connectivity index (χ0n) is 21.4. The van der Waals surface area contributed by atoms with Crippen molar-refractivity contribution in [2.24, 2.45) is 5.73 Å². The van der Waals surface area contributed by atoms with Gasteiger partial charge in [-0.3, -0.25) is 33.1 Å². The fourth-order valence-electron chi connectivity index (χ4n) is 4.69. The molecule has 22 heteroatoms. The maximum absolute atomic E-state index is 13.0. The average Bonchev–Trinajstić information content (AvgIpc) is 3.60. The van der Waals surface area contributed by atoms with Gasteiger partial charge in [-0.15, -0.1) is 0 Å². The van der Waals surface area contributed by atoms with Crippen LogP contribution in [0.15, 0.2) is 23.4 Å². The number of nitrogens with zero attached hydrogens (tertiary/aromatic N) is 5. The first kappa shape index (κ1) is 29.3. The van der Waals surface area contributed by atoms with Crippen LogP contribution in [-0.2, 0) is 52.4 Å². The smallest absolute Gasteiger partial charge is 0.366 e. The number of ether oxygens (including phenoxy) is 1. The number of nitrogens with two attached hydrogens (primary N) is 2. The number of rotatable bonds is 2. The van der Waals surface area contributed by atoms with E-state index in [0.717, 1.165) is 0 Å². The van der Waals surface area contributed by atoms with Gasteiger partial charge in [0.2, 0.25) is 17.7 Å². The summed E-state index contributed by atoms with van der Waals surface area (Å²) in [6, 6.07) is 1.45. The van der Waals surface area contributed by atoms with Crippen LogP contribution in [0.2, 0.25) is 0 Å². The normalized spacial score (nSPS) is 29.2. The Bertz CT molecular complexity index is 1860. The lowest BCUT2D eigenvalue weighted by Gasteiger charge is -2.22. The first-order valence-corrected chi connectivity index (χ1v) is 17.5. The molecule has 0 spiro atoms. The largest absolute Gasteiger partial charge is 0.386 e. The Morgan fingerprint density at radius 3 is 2.90 bits per heavy atom. The zero-order valence-corrected chi connectivity index (χ0v) is 24.9. The fraction of sp³-hybridized carbons (Fsp3) is 0.400. The zero-order chi connectivity index (χ0) is 29.8. The van der Waals surface area contributed by atoms with Crippen LogP contribution in [0.4, 0.5) is 5.95 Å². The average molecular weight is 661 g/mol.